The minimum atomic E-state index is 0.151. The van der Waals surface area contributed by atoms with Crippen molar-refractivity contribution in [1.82, 2.24) is 10.3 Å². The van der Waals surface area contributed by atoms with Gasteiger partial charge in [0, 0.05) is 10.9 Å². The summed E-state index contributed by atoms with van der Waals surface area (Å²) in [5.41, 5.74) is 1.36. The zero-order chi connectivity index (χ0) is 13.3. The van der Waals surface area contributed by atoms with E-state index < -0.39 is 0 Å². The molecular weight excluding hydrogens is 240 g/mol. The fraction of sp³-hybridized carbons (Fsp3) is 0.800. The molecule has 0 amide bonds. The first kappa shape index (κ1) is 14.0. The fourth-order valence-electron chi connectivity index (χ4n) is 3.11. The Morgan fingerprint density at radius 1 is 1.44 bits per heavy atom. The second-order valence-corrected chi connectivity index (χ2v) is 7.26. The van der Waals surface area contributed by atoms with Gasteiger partial charge in [-0.15, -0.1) is 11.3 Å². The van der Waals surface area contributed by atoms with Crippen molar-refractivity contribution < 1.29 is 0 Å². The molecule has 0 bridgehead atoms. The van der Waals surface area contributed by atoms with Gasteiger partial charge < -0.3 is 5.32 Å². The molecule has 1 aliphatic rings. The third kappa shape index (κ3) is 2.62. The highest BCUT2D eigenvalue weighted by molar-refractivity contribution is 7.11. The van der Waals surface area contributed by atoms with Gasteiger partial charge >= 0.3 is 0 Å². The number of hydrogen-bond acceptors (Lipinski definition) is 3. The van der Waals surface area contributed by atoms with E-state index in [2.05, 4.69) is 39.9 Å². The molecule has 2 rings (SSSR count). The number of aromatic nitrogens is 1. The Kier molecular flexibility index (Phi) is 4.12. The summed E-state index contributed by atoms with van der Waals surface area (Å²) in [7, 11) is 0. The molecule has 0 spiro atoms. The summed E-state index contributed by atoms with van der Waals surface area (Å²) in [6.45, 7) is 11.1. The lowest BCUT2D eigenvalue weighted by Crippen LogP contribution is -2.44. The molecule has 1 aromatic heterocycles. The summed E-state index contributed by atoms with van der Waals surface area (Å²) in [6.07, 6.45) is 5.14. The first-order valence-electron chi connectivity index (χ1n) is 7.19. The average molecular weight is 266 g/mol. The number of rotatable bonds is 4. The molecule has 1 aliphatic carbocycles. The van der Waals surface area contributed by atoms with Gasteiger partial charge in [0.25, 0.3) is 0 Å². The van der Waals surface area contributed by atoms with E-state index in [1.54, 1.807) is 0 Å². The molecule has 0 aliphatic heterocycles. The summed E-state index contributed by atoms with van der Waals surface area (Å²) in [5, 5.41) is 5.15. The van der Waals surface area contributed by atoms with Crippen LogP contribution in [0.2, 0.25) is 0 Å². The van der Waals surface area contributed by atoms with Crippen molar-refractivity contribution in [2.24, 2.45) is 5.92 Å². The van der Waals surface area contributed by atoms with Gasteiger partial charge in [-0.3, -0.25) is 0 Å². The standard InChI is InChI=1S/C15H26N2S/c1-6-13-7-8-15(9-13,17-10(2)3)14-16-11(4)12(5)18-14/h10,13,17H,6-9H2,1-5H3. The molecule has 2 atom stereocenters. The molecule has 3 heteroatoms. The van der Waals surface area contributed by atoms with Crippen molar-refractivity contribution >= 4 is 11.3 Å². The predicted octanol–water partition coefficient (Wildman–Crippen LogP) is 4.16. The lowest BCUT2D eigenvalue weighted by atomic mass is 9.94. The second-order valence-electron chi connectivity index (χ2n) is 6.06. The van der Waals surface area contributed by atoms with Crippen molar-refractivity contribution in [3.8, 4) is 0 Å². The monoisotopic (exact) mass is 266 g/mol. The van der Waals surface area contributed by atoms with Gasteiger partial charge in [-0.25, -0.2) is 4.98 Å². The number of aryl methyl sites for hydroxylation is 2. The van der Waals surface area contributed by atoms with E-state index in [-0.39, 0.29) is 5.54 Å². The van der Waals surface area contributed by atoms with E-state index in [4.69, 9.17) is 4.98 Å². The zero-order valence-corrected chi connectivity index (χ0v) is 13.2. The first-order chi connectivity index (χ1) is 8.47. The molecule has 2 nitrogen and oxygen atoms in total. The van der Waals surface area contributed by atoms with Crippen LogP contribution in [0.25, 0.3) is 0 Å². The van der Waals surface area contributed by atoms with Crippen LogP contribution in [0.1, 0.15) is 62.0 Å². The molecule has 1 heterocycles. The summed E-state index contributed by atoms with van der Waals surface area (Å²) in [4.78, 5) is 6.21. The SMILES string of the molecule is CCC1CCC(NC(C)C)(c2nc(C)c(C)s2)C1. The first-order valence-corrected chi connectivity index (χ1v) is 8.00. The highest BCUT2D eigenvalue weighted by atomic mass is 32.1. The van der Waals surface area contributed by atoms with Crippen LogP contribution >= 0.6 is 11.3 Å². The van der Waals surface area contributed by atoms with E-state index in [9.17, 15) is 0 Å². The molecular formula is C15H26N2S. The maximum atomic E-state index is 4.84. The molecule has 1 aromatic rings. The minimum absolute atomic E-state index is 0.151. The lowest BCUT2D eigenvalue weighted by molar-refractivity contribution is 0.297. The minimum Gasteiger partial charge on any atom is -0.303 e. The van der Waals surface area contributed by atoms with Gasteiger partial charge in [0.2, 0.25) is 0 Å². The molecule has 102 valence electrons. The van der Waals surface area contributed by atoms with Gasteiger partial charge in [-0.2, -0.15) is 0 Å². The molecule has 0 aromatic carbocycles. The Bertz CT molecular complexity index is 391. The van der Waals surface area contributed by atoms with Crippen molar-refractivity contribution in [2.45, 2.75) is 71.9 Å². The number of thiazole rings is 1. The van der Waals surface area contributed by atoms with Gasteiger partial charge in [0.15, 0.2) is 0 Å². The smallest absolute Gasteiger partial charge is 0.113 e. The van der Waals surface area contributed by atoms with Crippen LogP contribution in [0.3, 0.4) is 0 Å². The number of nitrogens with one attached hydrogen (secondary N) is 1. The summed E-state index contributed by atoms with van der Waals surface area (Å²) >= 11 is 1.89. The van der Waals surface area contributed by atoms with Crippen LogP contribution in [0.4, 0.5) is 0 Å². The van der Waals surface area contributed by atoms with E-state index in [0.29, 0.717) is 6.04 Å². The maximum absolute atomic E-state index is 4.84. The molecule has 1 saturated carbocycles. The van der Waals surface area contributed by atoms with Crippen LogP contribution in [-0.4, -0.2) is 11.0 Å². The molecule has 1 N–H and O–H groups in total. The normalized spacial score (nSPS) is 28.2. The van der Waals surface area contributed by atoms with Crippen molar-refractivity contribution in [3.05, 3.63) is 15.6 Å². The van der Waals surface area contributed by atoms with Gasteiger partial charge in [0.05, 0.1) is 11.2 Å². The topological polar surface area (TPSA) is 24.9 Å². The molecule has 1 fully saturated rings. The average Bonchev–Trinajstić information content (AvgIpc) is 2.84. The van der Waals surface area contributed by atoms with Gasteiger partial charge in [-0.05, 0) is 52.9 Å². The van der Waals surface area contributed by atoms with E-state index in [0.717, 1.165) is 5.92 Å². The Labute approximate surface area is 115 Å². The van der Waals surface area contributed by atoms with Crippen molar-refractivity contribution in [3.63, 3.8) is 0 Å². The Balaban J connectivity index is 2.31. The van der Waals surface area contributed by atoms with Crippen LogP contribution in [0.5, 0.6) is 0 Å². The Morgan fingerprint density at radius 3 is 2.61 bits per heavy atom. The van der Waals surface area contributed by atoms with Crippen molar-refractivity contribution in [2.75, 3.05) is 0 Å². The number of nitrogens with zero attached hydrogens (tertiary/aromatic N) is 1. The fourth-order valence-corrected chi connectivity index (χ4v) is 4.22. The third-order valence-corrected chi connectivity index (χ3v) is 5.47. The summed E-state index contributed by atoms with van der Waals surface area (Å²) in [5.74, 6) is 0.862. The molecule has 18 heavy (non-hydrogen) atoms. The van der Waals surface area contributed by atoms with Gasteiger partial charge in [-0.1, -0.05) is 13.3 Å². The largest absolute Gasteiger partial charge is 0.303 e. The third-order valence-electron chi connectivity index (χ3n) is 4.20. The van der Waals surface area contributed by atoms with E-state index in [1.165, 1.54) is 41.3 Å². The maximum Gasteiger partial charge on any atom is 0.113 e. The zero-order valence-electron chi connectivity index (χ0n) is 12.3. The quantitative estimate of drug-likeness (QED) is 0.885. The Morgan fingerprint density at radius 2 is 2.17 bits per heavy atom. The van der Waals surface area contributed by atoms with Crippen LogP contribution in [0, 0.1) is 19.8 Å². The van der Waals surface area contributed by atoms with Crippen molar-refractivity contribution in [1.29, 1.82) is 0 Å². The Hall–Kier alpha value is -0.410. The molecule has 0 saturated heterocycles. The molecule has 2 unspecified atom stereocenters. The van der Waals surface area contributed by atoms with Crippen LogP contribution in [0.15, 0.2) is 0 Å². The lowest BCUT2D eigenvalue weighted by Gasteiger charge is -2.31. The highest BCUT2D eigenvalue weighted by Crippen LogP contribution is 2.45. The van der Waals surface area contributed by atoms with E-state index in [1.807, 2.05) is 11.3 Å². The van der Waals surface area contributed by atoms with Crippen LogP contribution in [-0.2, 0) is 5.54 Å². The second kappa shape index (κ2) is 5.30. The van der Waals surface area contributed by atoms with E-state index >= 15 is 0 Å². The van der Waals surface area contributed by atoms with Crippen LogP contribution < -0.4 is 5.32 Å². The molecule has 0 radical (unpaired) electrons. The number of hydrogen-bond donors (Lipinski definition) is 1. The summed E-state index contributed by atoms with van der Waals surface area (Å²) < 4.78 is 0. The summed E-state index contributed by atoms with van der Waals surface area (Å²) in [6, 6.07) is 0.519. The highest BCUT2D eigenvalue weighted by Gasteiger charge is 2.42. The predicted molar refractivity (Wildman–Crippen MR) is 79.2 cm³/mol. The van der Waals surface area contributed by atoms with Gasteiger partial charge in [0.1, 0.15) is 5.01 Å².